The topological polar surface area (TPSA) is 81.4 Å². The summed E-state index contributed by atoms with van der Waals surface area (Å²) in [6.07, 6.45) is 5.05. The third-order valence-corrected chi connectivity index (χ3v) is 7.87. The number of rotatable bonds is 8. The Morgan fingerprint density at radius 3 is 2.02 bits per heavy atom. The second-order valence-corrected chi connectivity index (χ2v) is 13.2. The number of imidazole rings is 1. The van der Waals surface area contributed by atoms with Crippen molar-refractivity contribution in [3.8, 4) is 28.2 Å². The molecule has 0 aliphatic rings. The Kier molecular flexibility index (Phi) is 8.04. The van der Waals surface area contributed by atoms with E-state index < -0.39 is 0 Å². The number of H-pyrrole nitrogens is 1. The molecule has 0 amide bonds. The molecule has 0 fully saturated rings. The normalized spacial score (nSPS) is 12.2. The number of aromatic amines is 1. The minimum atomic E-state index is -0.115. The highest BCUT2D eigenvalue weighted by Crippen LogP contribution is 2.36. The van der Waals surface area contributed by atoms with Gasteiger partial charge in [0.15, 0.2) is 5.82 Å². The van der Waals surface area contributed by atoms with E-state index in [9.17, 15) is 4.79 Å². The van der Waals surface area contributed by atoms with Crippen LogP contribution in [0.4, 0.5) is 0 Å². The monoisotopic (exact) mass is 562 g/mol. The number of para-hydroxylation sites is 1. The lowest BCUT2D eigenvalue weighted by atomic mass is 9.78. The van der Waals surface area contributed by atoms with Gasteiger partial charge in [0.1, 0.15) is 0 Å². The molecule has 2 heterocycles. The van der Waals surface area contributed by atoms with Crippen LogP contribution in [0.15, 0.2) is 77.7 Å². The summed E-state index contributed by atoms with van der Waals surface area (Å²) in [4.78, 5) is 14.3. The van der Waals surface area contributed by atoms with Gasteiger partial charge in [-0.3, -0.25) is 9.13 Å². The Bertz CT molecular complexity index is 1680. The van der Waals surface area contributed by atoms with Gasteiger partial charge >= 0.3 is 5.69 Å². The van der Waals surface area contributed by atoms with Crippen molar-refractivity contribution in [2.75, 3.05) is 0 Å². The highest BCUT2D eigenvalue weighted by Gasteiger charge is 2.28. The van der Waals surface area contributed by atoms with Gasteiger partial charge in [-0.15, -0.1) is 5.10 Å². The summed E-state index contributed by atoms with van der Waals surface area (Å²) < 4.78 is 3.88. The van der Waals surface area contributed by atoms with Crippen LogP contribution >= 0.6 is 0 Å². The average Bonchev–Trinajstić information content (AvgIpc) is 3.60. The van der Waals surface area contributed by atoms with Crippen LogP contribution in [-0.4, -0.2) is 29.8 Å². The Morgan fingerprint density at radius 1 is 0.810 bits per heavy atom. The van der Waals surface area contributed by atoms with E-state index in [0.717, 1.165) is 52.9 Å². The molecule has 5 aromatic rings. The largest absolute Gasteiger partial charge is 0.333 e. The van der Waals surface area contributed by atoms with Crippen molar-refractivity contribution in [2.45, 2.75) is 85.1 Å². The minimum Gasteiger partial charge on any atom is -0.292 e. The van der Waals surface area contributed by atoms with Gasteiger partial charge < -0.3 is 0 Å². The molecule has 0 atom stereocenters. The summed E-state index contributed by atoms with van der Waals surface area (Å²) >= 11 is 0. The van der Waals surface area contributed by atoms with Crippen LogP contribution in [0.25, 0.3) is 28.2 Å². The zero-order chi connectivity index (χ0) is 30.1. The van der Waals surface area contributed by atoms with E-state index in [2.05, 4.69) is 124 Å². The van der Waals surface area contributed by atoms with E-state index in [4.69, 9.17) is 0 Å². The number of nitrogens with one attached hydrogen (secondary N) is 1. The maximum Gasteiger partial charge on any atom is 0.333 e. The highest BCUT2D eigenvalue weighted by molar-refractivity contribution is 5.80. The Labute approximate surface area is 248 Å². The van der Waals surface area contributed by atoms with Crippen LogP contribution in [0.3, 0.4) is 0 Å². The number of aromatic nitrogens is 6. The van der Waals surface area contributed by atoms with Crippen molar-refractivity contribution < 1.29 is 0 Å². The number of unbranched alkanes of at least 4 members (excludes halogenated alkanes) is 1. The zero-order valence-corrected chi connectivity index (χ0v) is 25.9. The predicted octanol–water partition coefficient (Wildman–Crippen LogP) is 7.47. The third kappa shape index (κ3) is 5.87. The second kappa shape index (κ2) is 11.6. The van der Waals surface area contributed by atoms with Crippen LogP contribution in [-0.2, 0) is 23.8 Å². The van der Waals surface area contributed by atoms with Crippen molar-refractivity contribution in [3.05, 3.63) is 106 Å². The minimum absolute atomic E-state index is 0.00976. The fraction of sp³-hybridized carbons (Fsp3) is 0.371. The van der Waals surface area contributed by atoms with Crippen molar-refractivity contribution in [1.29, 1.82) is 0 Å². The van der Waals surface area contributed by atoms with Gasteiger partial charge in [-0.25, -0.2) is 9.89 Å². The molecule has 0 radical (unpaired) electrons. The summed E-state index contributed by atoms with van der Waals surface area (Å²) in [5, 5.41) is 14.4. The van der Waals surface area contributed by atoms with Gasteiger partial charge in [0.2, 0.25) is 0 Å². The molecule has 42 heavy (non-hydrogen) atoms. The van der Waals surface area contributed by atoms with E-state index in [0.29, 0.717) is 12.4 Å². The molecule has 0 saturated carbocycles. The van der Waals surface area contributed by atoms with Gasteiger partial charge in [-0.05, 0) is 61.9 Å². The molecule has 0 aliphatic carbocycles. The molecule has 5 rings (SSSR count). The van der Waals surface area contributed by atoms with Gasteiger partial charge in [0.25, 0.3) is 0 Å². The van der Waals surface area contributed by atoms with Gasteiger partial charge in [-0.1, -0.05) is 122 Å². The lowest BCUT2D eigenvalue weighted by Gasteiger charge is -2.29. The van der Waals surface area contributed by atoms with E-state index in [1.165, 1.54) is 11.1 Å². The zero-order valence-electron chi connectivity index (χ0n) is 25.9. The van der Waals surface area contributed by atoms with E-state index in [-0.39, 0.29) is 16.5 Å². The quantitative estimate of drug-likeness (QED) is 0.213. The van der Waals surface area contributed by atoms with Crippen LogP contribution in [0.1, 0.15) is 83.7 Å². The van der Waals surface area contributed by atoms with Crippen molar-refractivity contribution in [1.82, 2.24) is 29.8 Å². The predicted molar refractivity (Wildman–Crippen MR) is 170 cm³/mol. The first kappa shape index (κ1) is 29.2. The second-order valence-electron chi connectivity index (χ2n) is 13.2. The number of hydrogen-bond donors (Lipinski definition) is 1. The summed E-state index contributed by atoms with van der Waals surface area (Å²) in [7, 11) is 0. The summed E-state index contributed by atoms with van der Waals surface area (Å²) in [5.41, 5.74) is 8.36. The molecule has 0 aliphatic heterocycles. The maximum absolute atomic E-state index is 14.3. The number of aryl methyl sites for hydroxylation is 1. The van der Waals surface area contributed by atoms with Crippen LogP contribution in [0.2, 0.25) is 0 Å². The lowest BCUT2D eigenvalue weighted by molar-refractivity contribution is 0.559. The van der Waals surface area contributed by atoms with E-state index in [1.807, 2.05) is 27.3 Å². The first-order valence-corrected chi connectivity index (χ1v) is 14.9. The SMILES string of the molecule is CCCCc1cn(-c2c(C(C)(C)C)cccc2C(C)(C)C)c(=O)n1Cc1ccc(-c2ccccc2-c2nnn[nH]2)cc1. The Balaban J connectivity index is 1.57. The summed E-state index contributed by atoms with van der Waals surface area (Å²) in [5.74, 6) is 0.633. The summed E-state index contributed by atoms with van der Waals surface area (Å²) in [6, 6.07) is 23.0. The Hall–Kier alpha value is -4.26. The molecular weight excluding hydrogens is 520 g/mol. The first-order valence-electron chi connectivity index (χ1n) is 14.9. The number of tetrazole rings is 1. The highest BCUT2D eigenvalue weighted by atomic mass is 16.1. The van der Waals surface area contributed by atoms with Crippen LogP contribution < -0.4 is 5.69 Å². The fourth-order valence-corrected chi connectivity index (χ4v) is 5.61. The van der Waals surface area contributed by atoms with Crippen molar-refractivity contribution in [3.63, 3.8) is 0 Å². The smallest absolute Gasteiger partial charge is 0.292 e. The summed E-state index contributed by atoms with van der Waals surface area (Å²) in [6.45, 7) is 16.0. The molecule has 0 unspecified atom stereocenters. The average molecular weight is 563 g/mol. The molecule has 0 saturated heterocycles. The van der Waals surface area contributed by atoms with Crippen molar-refractivity contribution >= 4 is 0 Å². The van der Waals surface area contributed by atoms with E-state index in [1.54, 1.807) is 0 Å². The van der Waals surface area contributed by atoms with Crippen LogP contribution in [0, 0.1) is 0 Å². The molecule has 3 aromatic carbocycles. The lowest BCUT2D eigenvalue weighted by Crippen LogP contribution is -2.29. The van der Waals surface area contributed by atoms with E-state index >= 15 is 0 Å². The fourth-order valence-electron chi connectivity index (χ4n) is 5.61. The number of nitrogens with zero attached hydrogens (tertiary/aromatic N) is 5. The molecule has 7 heteroatoms. The molecule has 218 valence electrons. The van der Waals surface area contributed by atoms with Gasteiger partial charge in [-0.2, -0.15) is 0 Å². The van der Waals surface area contributed by atoms with Crippen LogP contribution in [0.5, 0.6) is 0 Å². The molecule has 0 spiro atoms. The molecule has 1 N–H and O–H groups in total. The molecule has 2 aromatic heterocycles. The Morgan fingerprint density at radius 2 is 1.45 bits per heavy atom. The first-order chi connectivity index (χ1) is 20.0. The maximum atomic E-state index is 14.3. The molecular formula is C35H42N6O. The molecule has 7 nitrogen and oxygen atoms in total. The van der Waals surface area contributed by atoms with Crippen molar-refractivity contribution in [2.24, 2.45) is 0 Å². The number of benzene rings is 3. The van der Waals surface area contributed by atoms with Gasteiger partial charge in [0, 0.05) is 17.5 Å². The number of hydrogen-bond acceptors (Lipinski definition) is 4. The third-order valence-electron chi connectivity index (χ3n) is 7.87. The standard InChI is InChI=1S/C35H42N6O/c1-8-9-13-26-23-41(31-29(34(2,3)4)16-12-17-30(31)35(5,6)7)33(42)40(26)22-24-18-20-25(21-19-24)27-14-10-11-15-28(27)32-36-38-39-37-32/h10-12,14-21,23H,8-9,13,22H2,1-7H3,(H,36,37,38,39). The van der Waals surface area contributed by atoms with Gasteiger partial charge in [0.05, 0.1) is 12.2 Å². The molecule has 0 bridgehead atoms.